The fraction of sp³-hybridized carbons (Fsp3) is 0.278. The highest BCUT2D eigenvalue weighted by Gasteiger charge is 2.17. The maximum Gasteiger partial charge on any atom is 0.160 e. The second kappa shape index (κ2) is 6.60. The van der Waals surface area contributed by atoms with Crippen LogP contribution in [0.15, 0.2) is 47.5 Å². The van der Waals surface area contributed by atoms with Gasteiger partial charge in [0.25, 0.3) is 0 Å². The minimum Gasteiger partial charge on any atom is -0.493 e. The normalized spacial score (nSPS) is 13.3. The Morgan fingerprint density at radius 2 is 1.87 bits per heavy atom. The molecule has 1 aliphatic heterocycles. The van der Waals surface area contributed by atoms with Gasteiger partial charge in [0, 0.05) is 17.8 Å². The van der Waals surface area contributed by atoms with E-state index < -0.39 is 0 Å². The van der Waals surface area contributed by atoms with Crippen LogP contribution in [0.25, 0.3) is 0 Å². The first-order valence-corrected chi connectivity index (χ1v) is 7.58. The molecule has 23 heavy (non-hydrogen) atoms. The molecule has 0 aliphatic carbocycles. The zero-order valence-electron chi connectivity index (χ0n) is 13.5. The Kier molecular flexibility index (Phi) is 4.37. The molecule has 5 heteroatoms. The Morgan fingerprint density at radius 1 is 1.09 bits per heavy atom. The third-order valence-electron chi connectivity index (χ3n) is 4.05. The van der Waals surface area contributed by atoms with Crippen LogP contribution in [0.5, 0.6) is 11.5 Å². The third-order valence-corrected chi connectivity index (χ3v) is 4.05. The highest BCUT2D eigenvalue weighted by Crippen LogP contribution is 2.28. The molecule has 0 amide bonds. The first-order chi connectivity index (χ1) is 11.2. The summed E-state index contributed by atoms with van der Waals surface area (Å²) in [5, 5.41) is 0. The van der Waals surface area contributed by atoms with Gasteiger partial charge in [0.1, 0.15) is 12.5 Å². The minimum atomic E-state index is 0.593. The predicted octanol–water partition coefficient (Wildman–Crippen LogP) is 2.43. The number of amidine groups is 1. The molecule has 0 saturated heterocycles. The van der Waals surface area contributed by atoms with Crippen LogP contribution < -0.4 is 20.1 Å². The van der Waals surface area contributed by atoms with Crippen LogP contribution >= 0.6 is 0 Å². The Bertz CT molecular complexity index is 728. The number of hydrogen-bond donors (Lipinski definition) is 1. The van der Waals surface area contributed by atoms with Crippen LogP contribution in [-0.4, -0.2) is 33.3 Å². The molecular formula is C18H21N3O2. The van der Waals surface area contributed by atoms with E-state index in [4.69, 9.17) is 15.2 Å². The lowest BCUT2D eigenvalue weighted by Gasteiger charge is -2.29. The van der Waals surface area contributed by atoms with Crippen molar-refractivity contribution in [2.75, 3.05) is 32.3 Å². The van der Waals surface area contributed by atoms with Crippen molar-refractivity contribution in [3.63, 3.8) is 0 Å². The van der Waals surface area contributed by atoms with Crippen molar-refractivity contribution in [2.45, 2.75) is 6.42 Å². The zero-order valence-corrected chi connectivity index (χ0v) is 13.5. The van der Waals surface area contributed by atoms with E-state index in [0.717, 1.165) is 35.7 Å². The van der Waals surface area contributed by atoms with Crippen molar-refractivity contribution in [3.05, 3.63) is 53.6 Å². The lowest BCUT2D eigenvalue weighted by molar-refractivity contribution is 0.354. The minimum absolute atomic E-state index is 0.593. The molecule has 3 rings (SSSR count). The number of benzene rings is 2. The summed E-state index contributed by atoms with van der Waals surface area (Å²) in [7, 11) is 3.30. The fourth-order valence-corrected chi connectivity index (χ4v) is 2.78. The molecule has 1 aliphatic rings. The quantitative estimate of drug-likeness (QED) is 0.921. The van der Waals surface area contributed by atoms with Gasteiger partial charge in [-0.3, -0.25) is 0 Å². The molecule has 1 heterocycles. The molecule has 0 bridgehead atoms. The molecule has 0 fully saturated rings. The molecule has 5 nitrogen and oxygen atoms in total. The average Bonchev–Trinajstić information content (AvgIpc) is 2.61. The van der Waals surface area contributed by atoms with E-state index in [-0.39, 0.29) is 0 Å². The number of nitrogens with two attached hydrogens (primary N) is 1. The Hall–Kier alpha value is -2.69. The van der Waals surface area contributed by atoms with Gasteiger partial charge in [-0.25, -0.2) is 4.99 Å². The second-order valence-electron chi connectivity index (χ2n) is 5.40. The van der Waals surface area contributed by atoms with Gasteiger partial charge in [0.2, 0.25) is 0 Å². The number of nitrogens with zero attached hydrogens (tertiary/aromatic N) is 2. The summed E-state index contributed by atoms with van der Waals surface area (Å²) in [4.78, 5) is 6.64. The molecule has 0 saturated carbocycles. The van der Waals surface area contributed by atoms with Crippen LogP contribution in [0.3, 0.4) is 0 Å². The molecular weight excluding hydrogens is 290 g/mol. The van der Waals surface area contributed by atoms with Crippen molar-refractivity contribution >= 4 is 11.5 Å². The standard InChI is InChI=1S/C18H21N3O2/c1-22-16-8-7-13(11-17(16)23-2)9-10-21-12-20-18(19)14-5-3-4-6-15(14)21/h3-8,11H,9-10,12H2,1-2H3,(H2,19,20). The summed E-state index contributed by atoms with van der Waals surface area (Å²) < 4.78 is 10.6. The van der Waals surface area contributed by atoms with Crippen LogP contribution in [0.4, 0.5) is 5.69 Å². The van der Waals surface area contributed by atoms with Gasteiger partial charge in [-0.2, -0.15) is 0 Å². The summed E-state index contributed by atoms with van der Waals surface area (Å²) in [6.45, 7) is 1.46. The number of ether oxygens (including phenoxy) is 2. The summed E-state index contributed by atoms with van der Waals surface area (Å²) in [5.41, 5.74) is 9.32. The lowest BCUT2D eigenvalue weighted by Crippen LogP contribution is -2.34. The van der Waals surface area contributed by atoms with Crippen LogP contribution in [0.2, 0.25) is 0 Å². The van der Waals surface area contributed by atoms with Crippen LogP contribution in [0, 0.1) is 0 Å². The maximum atomic E-state index is 5.98. The number of anilines is 1. The molecule has 0 radical (unpaired) electrons. The molecule has 0 spiro atoms. The van der Waals surface area contributed by atoms with E-state index in [9.17, 15) is 0 Å². The molecule has 2 N–H and O–H groups in total. The average molecular weight is 311 g/mol. The largest absolute Gasteiger partial charge is 0.493 e. The molecule has 0 unspecified atom stereocenters. The van der Waals surface area contributed by atoms with Gasteiger partial charge in [-0.15, -0.1) is 0 Å². The van der Waals surface area contributed by atoms with E-state index in [1.54, 1.807) is 14.2 Å². The lowest BCUT2D eigenvalue weighted by atomic mass is 10.1. The number of methoxy groups -OCH3 is 2. The molecule has 0 atom stereocenters. The van der Waals surface area contributed by atoms with Crippen molar-refractivity contribution in [1.29, 1.82) is 0 Å². The van der Waals surface area contributed by atoms with Gasteiger partial charge < -0.3 is 20.1 Å². The van der Waals surface area contributed by atoms with Crippen molar-refractivity contribution in [1.82, 2.24) is 0 Å². The smallest absolute Gasteiger partial charge is 0.160 e. The number of aliphatic imine (C=N–C) groups is 1. The first-order valence-electron chi connectivity index (χ1n) is 7.58. The molecule has 2 aromatic rings. The predicted molar refractivity (Wildman–Crippen MR) is 92.6 cm³/mol. The van der Waals surface area contributed by atoms with Crippen molar-refractivity contribution < 1.29 is 9.47 Å². The Morgan fingerprint density at radius 3 is 2.65 bits per heavy atom. The highest BCUT2D eigenvalue weighted by atomic mass is 16.5. The number of rotatable bonds is 5. The SMILES string of the molecule is COc1ccc(CCN2CN=C(N)c3ccccc32)cc1OC. The summed E-state index contributed by atoms with van der Waals surface area (Å²) >= 11 is 0. The zero-order chi connectivity index (χ0) is 16.2. The van der Waals surface area contributed by atoms with E-state index in [1.807, 2.05) is 30.3 Å². The van der Waals surface area contributed by atoms with E-state index >= 15 is 0 Å². The van der Waals surface area contributed by atoms with Crippen LogP contribution in [-0.2, 0) is 6.42 Å². The summed E-state index contributed by atoms with van der Waals surface area (Å²) in [5.74, 6) is 2.12. The maximum absolute atomic E-state index is 5.98. The van der Waals surface area contributed by atoms with Gasteiger partial charge in [0.15, 0.2) is 11.5 Å². The third kappa shape index (κ3) is 3.08. The summed E-state index contributed by atoms with van der Waals surface area (Å²) in [6, 6.07) is 14.1. The molecule has 0 aromatic heterocycles. The number of fused-ring (bicyclic) bond motifs is 1. The first kappa shape index (κ1) is 15.2. The van der Waals surface area contributed by atoms with E-state index in [2.05, 4.69) is 22.0 Å². The Balaban J connectivity index is 1.74. The number of hydrogen-bond acceptors (Lipinski definition) is 5. The van der Waals surface area contributed by atoms with Crippen molar-refractivity contribution in [2.24, 2.45) is 10.7 Å². The highest BCUT2D eigenvalue weighted by molar-refractivity contribution is 6.03. The second-order valence-corrected chi connectivity index (χ2v) is 5.40. The topological polar surface area (TPSA) is 60.1 Å². The van der Waals surface area contributed by atoms with Crippen molar-refractivity contribution in [3.8, 4) is 11.5 Å². The van der Waals surface area contributed by atoms with E-state index in [0.29, 0.717) is 12.5 Å². The van der Waals surface area contributed by atoms with Gasteiger partial charge >= 0.3 is 0 Å². The van der Waals surface area contributed by atoms with Gasteiger partial charge in [0.05, 0.1) is 14.2 Å². The summed E-state index contributed by atoms with van der Waals surface area (Å²) in [6.07, 6.45) is 0.893. The molecule has 2 aromatic carbocycles. The van der Waals surface area contributed by atoms with Crippen LogP contribution in [0.1, 0.15) is 11.1 Å². The van der Waals surface area contributed by atoms with Gasteiger partial charge in [-0.1, -0.05) is 18.2 Å². The Labute approximate surface area is 136 Å². The molecule has 120 valence electrons. The monoisotopic (exact) mass is 311 g/mol. The number of para-hydroxylation sites is 1. The van der Waals surface area contributed by atoms with E-state index in [1.165, 1.54) is 5.56 Å². The van der Waals surface area contributed by atoms with Gasteiger partial charge in [-0.05, 0) is 36.2 Å². The fourth-order valence-electron chi connectivity index (χ4n) is 2.78.